The van der Waals surface area contributed by atoms with Gasteiger partial charge in [0, 0.05) is 0 Å². The number of unbranched alkanes of at least 4 members (excludes halogenated alkanes) is 2. The van der Waals surface area contributed by atoms with E-state index in [0.717, 1.165) is 25.7 Å². The number of hydrogen-bond donors (Lipinski definition) is 2. The Morgan fingerprint density at radius 1 is 1.00 bits per heavy atom. The van der Waals surface area contributed by atoms with Crippen LogP contribution in [-0.4, -0.2) is 72.6 Å². The van der Waals surface area contributed by atoms with Gasteiger partial charge in [0.15, 0.2) is 0 Å². The first-order valence-corrected chi connectivity index (χ1v) is 8.28. The molecule has 0 heterocycles. The molecule has 0 aliphatic carbocycles. The molecule has 0 fully saturated rings. The van der Waals surface area contributed by atoms with Crippen molar-refractivity contribution in [2.24, 2.45) is 5.92 Å². The number of aliphatic hydroxyl groups is 1. The Morgan fingerprint density at radius 3 is 2.25 bits per heavy atom. The van der Waals surface area contributed by atoms with Crippen molar-refractivity contribution in [3.05, 3.63) is 0 Å². The summed E-state index contributed by atoms with van der Waals surface area (Å²) >= 11 is 0. The zero-order chi connectivity index (χ0) is 14.6. The second-order valence-electron chi connectivity index (χ2n) is 4.71. The normalized spacial score (nSPS) is 14.1. The fraction of sp³-hybridized carbons (Fsp3) is 1.00. The molecule has 1 atom stereocenters. The Bertz CT molecular complexity index is 252. The second kappa shape index (κ2) is 14.9. The molecule has 0 bridgehead atoms. The van der Waals surface area contributed by atoms with Gasteiger partial charge in [-0.05, 0) is 12.3 Å². The van der Waals surface area contributed by atoms with E-state index in [-0.39, 0.29) is 62.6 Å². The quantitative estimate of drug-likeness (QED) is 0.305. The first-order chi connectivity index (χ1) is 8.98. The van der Waals surface area contributed by atoms with Crippen molar-refractivity contribution in [2.75, 3.05) is 33.0 Å². The van der Waals surface area contributed by atoms with Crippen LogP contribution in [0.4, 0.5) is 0 Å². The molecule has 0 aromatic carbocycles. The molecule has 0 saturated carbocycles. The molecule has 2 N–H and O–H groups in total. The maximum atomic E-state index is 11.4. The Kier molecular flexibility index (Phi) is 17.4. The summed E-state index contributed by atoms with van der Waals surface area (Å²) in [5.74, 6) is 0.687. The van der Waals surface area contributed by atoms with Gasteiger partial charge in [0.25, 0.3) is 0 Å². The van der Waals surface area contributed by atoms with E-state index in [1.165, 1.54) is 0 Å². The van der Waals surface area contributed by atoms with Crippen LogP contribution in [0.2, 0.25) is 0 Å². The minimum absolute atomic E-state index is 0. The number of phosphoric acid groups is 1. The molecule has 0 spiro atoms. The first kappa shape index (κ1) is 23.3. The summed E-state index contributed by atoms with van der Waals surface area (Å²) in [6.07, 6.45) is 4.00. The van der Waals surface area contributed by atoms with E-state index in [1.54, 1.807) is 0 Å². The molecule has 0 aliphatic heterocycles. The Morgan fingerprint density at radius 2 is 1.65 bits per heavy atom. The Balaban J connectivity index is 0. The zero-order valence-electron chi connectivity index (χ0n) is 11.9. The minimum atomic E-state index is -3.95. The molecule has 20 heavy (non-hydrogen) atoms. The zero-order valence-corrected chi connectivity index (χ0v) is 12.8. The van der Waals surface area contributed by atoms with Crippen LogP contribution in [-0.2, 0) is 18.3 Å². The topological polar surface area (TPSA) is 85.2 Å². The summed E-state index contributed by atoms with van der Waals surface area (Å²) < 4.78 is 25.8. The molecule has 6 nitrogen and oxygen atoms in total. The van der Waals surface area contributed by atoms with E-state index >= 15 is 0 Å². The third-order valence-corrected chi connectivity index (χ3v) is 3.42. The van der Waals surface area contributed by atoms with Crippen molar-refractivity contribution >= 4 is 37.4 Å². The van der Waals surface area contributed by atoms with Crippen molar-refractivity contribution in [1.82, 2.24) is 0 Å². The van der Waals surface area contributed by atoms with Gasteiger partial charge in [-0.25, -0.2) is 4.57 Å². The van der Waals surface area contributed by atoms with Crippen LogP contribution < -0.4 is 0 Å². The van der Waals surface area contributed by atoms with Crippen molar-refractivity contribution in [3.8, 4) is 0 Å². The van der Waals surface area contributed by atoms with Crippen LogP contribution >= 0.6 is 7.82 Å². The molecular formula is C12H28NaO6P. The maximum absolute atomic E-state index is 11.4. The molecule has 1 unspecified atom stereocenters. The van der Waals surface area contributed by atoms with Crippen LogP contribution in [0, 0.1) is 5.92 Å². The fourth-order valence-electron chi connectivity index (χ4n) is 1.43. The van der Waals surface area contributed by atoms with E-state index in [0.29, 0.717) is 5.92 Å². The number of aliphatic hydroxyl groups excluding tert-OH is 1. The monoisotopic (exact) mass is 322 g/mol. The van der Waals surface area contributed by atoms with Gasteiger partial charge in [0.2, 0.25) is 0 Å². The van der Waals surface area contributed by atoms with E-state index in [2.05, 4.69) is 13.8 Å². The standard InChI is InChI=1S/C12H27O6P.Na.H/c1-12(2)6-4-3-5-8-17-19(14,15)18-11-10-16-9-7-13;;/h12-13H,3-11H2,1-2H3,(H,14,15);;. The molecule has 0 amide bonds. The molecule has 0 aliphatic rings. The van der Waals surface area contributed by atoms with E-state index < -0.39 is 7.82 Å². The molecule has 0 rings (SSSR count). The van der Waals surface area contributed by atoms with Crippen LogP contribution in [0.5, 0.6) is 0 Å². The van der Waals surface area contributed by atoms with E-state index in [9.17, 15) is 9.46 Å². The van der Waals surface area contributed by atoms with Crippen LogP contribution in [0.1, 0.15) is 39.5 Å². The second-order valence-corrected chi connectivity index (χ2v) is 6.17. The van der Waals surface area contributed by atoms with Crippen LogP contribution in [0.25, 0.3) is 0 Å². The number of ether oxygens (including phenoxy) is 1. The van der Waals surface area contributed by atoms with Crippen molar-refractivity contribution in [2.45, 2.75) is 39.5 Å². The summed E-state index contributed by atoms with van der Waals surface area (Å²) in [6.45, 7) is 4.81. The van der Waals surface area contributed by atoms with Gasteiger partial charge < -0.3 is 14.7 Å². The summed E-state index contributed by atoms with van der Waals surface area (Å²) in [6, 6.07) is 0. The number of rotatable bonds is 13. The average Bonchev–Trinajstić information content (AvgIpc) is 2.33. The van der Waals surface area contributed by atoms with Gasteiger partial charge >= 0.3 is 37.4 Å². The first-order valence-electron chi connectivity index (χ1n) is 6.78. The molecule has 0 aromatic rings. The third kappa shape index (κ3) is 17.1. The molecule has 0 saturated heterocycles. The number of phosphoric ester groups is 1. The summed E-state index contributed by atoms with van der Waals surface area (Å²) in [5.41, 5.74) is 0. The molecule has 8 heteroatoms. The molecular weight excluding hydrogens is 294 g/mol. The van der Waals surface area contributed by atoms with Gasteiger partial charge in [-0.3, -0.25) is 9.05 Å². The molecule has 0 aromatic heterocycles. The van der Waals surface area contributed by atoms with Crippen LogP contribution in [0.15, 0.2) is 0 Å². The SMILES string of the molecule is CC(C)CCCCCOP(=O)(O)OCCOCCO.[NaH]. The fourth-order valence-corrected chi connectivity index (χ4v) is 2.17. The predicted molar refractivity (Wildman–Crippen MR) is 80.1 cm³/mol. The van der Waals surface area contributed by atoms with Crippen molar-refractivity contribution < 1.29 is 28.3 Å². The van der Waals surface area contributed by atoms with Gasteiger partial charge in [-0.2, -0.15) is 0 Å². The van der Waals surface area contributed by atoms with Gasteiger partial charge in [-0.15, -0.1) is 0 Å². The molecule has 118 valence electrons. The Hall–Kier alpha value is 1.03. The molecule has 0 radical (unpaired) electrons. The summed E-state index contributed by atoms with van der Waals surface area (Å²) in [4.78, 5) is 9.32. The van der Waals surface area contributed by atoms with Gasteiger partial charge in [0.05, 0.1) is 33.0 Å². The predicted octanol–water partition coefficient (Wildman–Crippen LogP) is 1.70. The van der Waals surface area contributed by atoms with Gasteiger partial charge in [-0.1, -0.05) is 33.1 Å². The van der Waals surface area contributed by atoms with Crippen LogP contribution in [0.3, 0.4) is 0 Å². The summed E-state index contributed by atoms with van der Waals surface area (Å²) in [5, 5.41) is 8.45. The van der Waals surface area contributed by atoms with Crippen molar-refractivity contribution in [3.63, 3.8) is 0 Å². The third-order valence-electron chi connectivity index (χ3n) is 2.40. The van der Waals surface area contributed by atoms with Crippen molar-refractivity contribution in [1.29, 1.82) is 0 Å². The Labute approximate surface area is 144 Å². The average molecular weight is 322 g/mol. The van der Waals surface area contributed by atoms with E-state index in [4.69, 9.17) is 18.9 Å². The number of hydrogen-bond acceptors (Lipinski definition) is 5. The van der Waals surface area contributed by atoms with Gasteiger partial charge in [0.1, 0.15) is 0 Å². The summed E-state index contributed by atoms with van der Waals surface area (Å²) in [7, 11) is -3.95. The van der Waals surface area contributed by atoms with E-state index in [1.807, 2.05) is 0 Å².